The maximum Gasteiger partial charge on any atom is 0.434 e. The van der Waals surface area contributed by atoms with Gasteiger partial charge in [-0.3, -0.25) is 0 Å². The summed E-state index contributed by atoms with van der Waals surface area (Å²) in [7, 11) is 0. The van der Waals surface area contributed by atoms with E-state index in [1.165, 1.54) is 6.20 Å². The first-order chi connectivity index (χ1) is 11.7. The SMILES string of the molecule is C=CCCCOC(=O)/N=c1/cnn(-c2ccccc2)c(OCC)c1. The van der Waals surface area contributed by atoms with E-state index >= 15 is 0 Å². The van der Waals surface area contributed by atoms with E-state index in [9.17, 15) is 4.79 Å². The highest BCUT2D eigenvalue weighted by atomic mass is 16.5. The minimum Gasteiger partial charge on any atom is -0.478 e. The van der Waals surface area contributed by atoms with Crippen molar-refractivity contribution in [3.05, 3.63) is 60.6 Å². The molecule has 2 rings (SSSR count). The third-order valence-corrected chi connectivity index (χ3v) is 3.08. The van der Waals surface area contributed by atoms with E-state index in [-0.39, 0.29) is 0 Å². The molecule has 0 spiro atoms. The zero-order valence-corrected chi connectivity index (χ0v) is 13.7. The van der Waals surface area contributed by atoms with Gasteiger partial charge < -0.3 is 9.47 Å². The number of unbranched alkanes of at least 4 members (excludes halogenated alkanes) is 1. The summed E-state index contributed by atoms with van der Waals surface area (Å²) in [6, 6.07) is 11.3. The molecule has 1 aromatic carbocycles. The van der Waals surface area contributed by atoms with Crippen LogP contribution in [-0.2, 0) is 4.74 Å². The highest BCUT2D eigenvalue weighted by Gasteiger charge is 2.06. The van der Waals surface area contributed by atoms with Gasteiger partial charge in [0.25, 0.3) is 0 Å². The number of ether oxygens (including phenoxy) is 2. The highest BCUT2D eigenvalue weighted by molar-refractivity contribution is 5.68. The molecule has 0 aliphatic heterocycles. The number of carbonyl (C=O) groups is 1. The molecule has 0 N–H and O–H groups in total. The number of nitrogens with zero attached hydrogens (tertiary/aromatic N) is 3. The van der Waals surface area contributed by atoms with Crippen LogP contribution in [0.1, 0.15) is 19.8 Å². The lowest BCUT2D eigenvalue weighted by Crippen LogP contribution is -2.15. The Labute approximate surface area is 141 Å². The normalized spacial score (nSPS) is 11.1. The van der Waals surface area contributed by atoms with E-state index in [0.717, 1.165) is 18.5 Å². The van der Waals surface area contributed by atoms with E-state index in [1.54, 1.807) is 16.8 Å². The van der Waals surface area contributed by atoms with Crippen molar-refractivity contribution in [3.63, 3.8) is 0 Å². The maximum atomic E-state index is 11.7. The molecule has 0 unspecified atom stereocenters. The molecule has 24 heavy (non-hydrogen) atoms. The third kappa shape index (κ3) is 5.08. The standard InChI is InChI=1S/C18H21N3O3/c1-3-5-9-12-24-18(22)20-15-13-17(23-4-2)21(19-14-15)16-10-7-6-8-11-16/h3,6-8,10-11,13-14H,1,4-5,9,12H2,2H3/b20-15+. The average Bonchev–Trinajstić information content (AvgIpc) is 2.60. The zero-order valence-electron chi connectivity index (χ0n) is 13.7. The number of aromatic nitrogens is 2. The van der Waals surface area contributed by atoms with Crippen molar-refractivity contribution in [2.75, 3.05) is 13.2 Å². The molecule has 1 heterocycles. The average molecular weight is 327 g/mol. The molecule has 0 saturated heterocycles. The fraction of sp³-hybridized carbons (Fsp3) is 0.278. The van der Waals surface area contributed by atoms with Crippen molar-refractivity contribution >= 4 is 6.09 Å². The quantitative estimate of drug-likeness (QED) is 0.578. The van der Waals surface area contributed by atoms with Crippen LogP contribution in [0.5, 0.6) is 5.88 Å². The fourth-order valence-electron chi connectivity index (χ4n) is 2.00. The Kier molecular flexibility index (Phi) is 6.76. The van der Waals surface area contributed by atoms with Gasteiger partial charge in [-0.05, 0) is 31.9 Å². The molecule has 2 aromatic rings. The molecule has 126 valence electrons. The Morgan fingerprint density at radius 1 is 1.38 bits per heavy atom. The first-order valence-corrected chi connectivity index (χ1v) is 7.84. The molecule has 0 atom stereocenters. The van der Waals surface area contributed by atoms with E-state index < -0.39 is 6.09 Å². The first kappa shape index (κ1) is 17.5. The topological polar surface area (TPSA) is 65.7 Å². The van der Waals surface area contributed by atoms with Gasteiger partial charge in [-0.2, -0.15) is 10.1 Å². The van der Waals surface area contributed by atoms with Crippen LogP contribution in [0.2, 0.25) is 0 Å². The largest absolute Gasteiger partial charge is 0.478 e. The first-order valence-electron chi connectivity index (χ1n) is 7.84. The minimum atomic E-state index is -0.638. The highest BCUT2D eigenvalue weighted by Crippen LogP contribution is 2.13. The van der Waals surface area contributed by atoms with Crippen molar-refractivity contribution < 1.29 is 14.3 Å². The number of hydrogen-bond acceptors (Lipinski definition) is 4. The van der Waals surface area contributed by atoms with Gasteiger partial charge in [0.2, 0.25) is 5.88 Å². The lowest BCUT2D eigenvalue weighted by Gasteiger charge is -2.11. The molecule has 0 radical (unpaired) electrons. The lowest BCUT2D eigenvalue weighted by molar-refractivity contribution is 0.155. The van der Waals surface area contributed by atoms with Gasteiger partial charge in [-0.15, -0.1) is 6.58 Å². The van der Waals surface area contributed by atoms with Gasteiger partial charge in [-0.25, -0.2) is 9.48 Å². The van der Waals surface area contributed by atoms with Crippen LogP contribution in [0.3, 0.4) is 0 Å². The van der Waals surface area contributed by atoms with Crippen LogP contribution in [0.4, 0.5) is 4.79 Å². The molecular weight excluding hydrogens is 306 g/mol. The summed E-state index contributed by atoms with van der Waals surface area (Å²) in [5.41, 5.74) is 0.861. The second-order valence-corrected chi connectivity index (χ2v) is 4.89. The lowest BCUT2D eigenvalue weighted by atomic mass is 10.3. The minimum absolute atomic E-state index is 0.316. The van der Waals surface area contributed by atoms with Crippen LogP contribution in [0, 0.1) is 0 Å². The van der Waals surface area contributed by atoms with Crippen molar-refractivity contribution in [3.8, 4) is 11.6 Å². The van der Waals surface area contributed by atoms with Crippen molar-refractivity contribution in [2.24, 2.45) is 4.99 Å². The summed E-state index contributed by atoms with van der Waals surface area (Å²) in [6.45, 7) is 6.29. The number of rotatable bonds is 7. The van der Waals surface area contributed by atoms with Gasteiger partial charge in [0, 0.05) is 6.07 Å². The molecule has 0 saturated carbocycles. The van der Waals surface area contributed by atoms with Gasteiger partial charge in [0.15, 0.2) is 0 Å². The van der Waals surface area contributed by atoms with Crippen LogP contribution in [0.25, 0.3) is 5.69 Å². The zero-order chi connectivity index (χ0) is 17.2. The Hall–Kier alpha value is -2.89. The van der Waals surface area contributed by atoms with Crippen molar-refractivity contribution in [2.45, 2.75) is 19.8 Å². The smallest absolute Gasteiger partial charge is 0.434 e. The number of hydrogen-bond donors (Lipinski definition) is 0. The molecule has 1 aromatic heterocycles. The van der Waals surface area contributed by atoms with Crippen LogP contribution < -0.4 is 10.1 Å². The van der Waals surface area contributed by atoms with Gasteiger partial charge >= 0.3 is 6.09 Å². The Bertz CT molecular complexity index is 739. The molecule has 6 nitrogen and oxygen atoms in total. The number of carbonyl (C=O) groups excluding carboxylic acids is 1. The fourth-order valence-corrected chi connectivity index (χ4v) is 2.00. The van der Waals surface area contributed by atoms with Crippen molar-refractivity contribution in [1.29, 1.82) is 0 Å². The number of benzene rings is 1. The van der Waals surface area contributed by atoms with Crippen molar-refractivity contribution in [1.82, 2.24) is 9.78 Å². The van der Waals surface area contributed by atoms with E-state index in [0.29, 0.717) is 24.5 Å². The van der Waals surface area contributed by atoms with Crippen LogP contribution >= 0.6 is 0 Å². The second-order valence-electron chi connectivity index (χ2n) is 4.89. The predicted octanol–water partition coefficient (Wildman–Crippen LogP) is 3.27. The molecule has 0 aliphatic rings. The Balaban J connectivity index is 2.20. The number of amides is 1. The predicted molar refractivity (Wildman–Crippen MR) is 91.1 cm³/mol. The molecule has 1 amide bonds. The monoisotopic (exact) mass is 327 g/mol. The van der Waals surface area contributed by atoms with Gasteiger partial charge in [-0.1, -0.05) is 24.3 Å². The summed E-state index contributed by atoms with van der Waals surface area (Å²) in [6.07, 6.45) is 4.17. The Morgan fingerprint density at radius 3 is 2.88 bits per heavy atom. The van der Waals surface area contributed by atoms with E-state index in [2.05, 4.69) is 16.7 Å². The summed E-state index contributed by atoms with van der Waals surface area (Å²) in [5.74, 6) is 0.504. The van der Waals surface area contributed by atoms with Gasteiger partial charge in [0.1, 0.15) is 0 Å². The third-order valence-electron chi connectivity index (χ3n) is 3.08. The van der Waals surface area contributed by atoms with Crippen LogP contribution in [-0.4, -0.2) is 29.1 Å². The molecule has 6 heteroatoms. The molecule has 0 fully saturated rings. The van der Waals surface area contributed by atoms with Gasteiger partial charge in [0.05, 0.1) is 30.5 Å². The molecule has 0 aliphatic carbocycles. The maximum absolute atomic E-state index is 11.7. The Morgan fingerprint density at radius 2 is 2.17 bits per heavy atom. The summed E-state index contributed by atoms with van der Waals surface area (Å²) >= 11 is 0. The summed E-state index contributed by atoms with van der Waals surface area (Å²) in [5, 5.41) is 4.70. The second kappa shape index (κ2) is 9.29. The number of para-hydroxylation sites is 1. The number of allylic oxidation sites excluding steroid dienone is 1. The van der Waals surface area contributed by atoms with E-state index in [4.69, 9.17) is 9.47 Å². The van der Waals surface area contributed by atoms with E-state index in [1.807, 2.05) is 37.3 Å². The molecule has 0 bridgehead atoms. The summed E-state index contributed by atoms with van der Waals surface area (Å²) < 4.78 is 12.3. The molecular formula is C18H21N3O3. The summed E-state index contributed by atoms with van der Waals surface area (Å²) in [4.78, 5) is 15.6. The van der Waals surface area contributed by atoms with Crippen LogP contribution in [0.15, 0.2) is 60.2 Å².